The molecule has 0 spiro atoms. The van der Waals surface area contributed by atoms with Crippen molar-refractivity contribution in [1.29, 1.82) is 0 Å². The molecule has 3 atom stereocenters. The molecule has 0 aliphatic carbocycles. The maximum Gasteiger partial charge on any atom is 0.326 e. The fourth-order valence-corrected chi connectivity index (χ4v) is 4.20. The lowest BCUT2D eigenvalue weighted by Crippen LogP contribution is -2.54. The van der Waals surface area contributed by atoms with Gasteiger partial charge in [0.15, 0.2) is 0 Å². The summed E-state index contributed by atoms with van der Waals surface area (Å²) in [5.41, 5.74) is 8.77. The van der Waals surface area contributed by atoms with E-state index in [1.54, 1.807) is 24.3 Å². The monoisotopic (exact) mass is 521 g/mol. The van der Waals surface area contributed by atoms with Crippen LogP contribution in [-0.4, -0.2) is 58.5 Å². The van der Waals surface area contributed by atoms with Crippen LogP contribution in [0.5, 0.6) is 0 Å². The van der Waals surface area contributed by atoms with E-state index in [-0.39, 0.29) is 18.8 Å². The zero-order valence-corrected chi connectivity index (χ0v) is 21.6. The molecule has 0 saturated heterocycles. The quantitative estimate of drug-likeness (QED) is 0.199. The third-order valence-electron chi connectivity index (χ3n) is 6.13. The molecule has 7 N–H and O–H groups in total. The van der Waals surface area contributed by atoms with Crippen molar-refractivity contribution in [3.63, 3.8) is 0 Å². The lowest BCUT2D eigenvalue weighted by atomic mass is 10.0. The van der Waals surface area contributed by atoms with Gasteiger partial charge in [0, 0.05) is 23.5 Å². The zero-order valence-electron chi connectivity index (χ0n) is 21.6. The Kier molecular flexibility index (Phi) is 10.0. The van der Waals surface area contributed by atoms with Gasteiger partial charge in [-0.05, 0) is 36.0 Å². The number of amides is 3. The number of para-hydroxylation sites is 1. The van der Waals surface area contributed by atoms with Gasteiger partial charge in [-0.3, -0.25) is 14.4 Å². The maximum atomic E-state index is 12.9. The number of aromatic amines is 1. The molecule has 202 valence electrons. The molecule has 0 aliphatic rings. The first-order valence-corrected chi connectivity index (χ1v) is 12.6. The fourth-order valence-electron chi connectivity index (χ4n) is 4.20. The Bertz CT molecular complexity index is 1260. The molecule has 3 aromatic rings. The van der Waals surface area contributed by atoms with Gasteiger partial charge in [0.05, 0.1) is 12.6 Å². The number of hydrogen-bond donors (Lipinski definition) is 6. The second kappa shape index (κ2) is 13.4. The number of benzene rings is 2. The number of nitrogens with one attached hydrogen (secondary N) is 4. The molecule has 0 fully saturated rings. The zero-order chi connectivity index (χ0) is 27.7. The van der Waals surface area contributed by atoms with Gasteiger partial charge in [-0.15, -0.1) is 0 Å². The molecule has 0 aliphatic heterocycles. The van der Waals surface area contributed by atoms with Gasteiger partial charge in [-0.2, -0.15) is 0 Å². The van der Waals surface area contributed by atoms with E-state index in [9.17, 15) is 24.3 Å². The third kappa shape index (κ3) is 8.17. The lowest BCUT2D eigenvalue weighted by Gasteiger charge is -2.22. The van der Waals surface area contributed by atoms with Crippen LogP contribution < -0.4 is 21.7 Å². The first-order chi connectivity index (χ1) is 18.1. The van der Waals surface area contributed by atoms with E-state index in [1.165, 1.54) is 0 Å². The maximum absolute atomic E-state index is 12.9. The van der Waals surface area contributed by atoms with Gasteiger partial charge in [-0.1, -0.05) is 62.4 Å². The number of fused-ring (bicyclic) bond motifs is 1. The lowest BCUT2D eigenvalue weighted by molar-refractivity contribution is -0.141. The molecular formula is C28H35N5O5. The van der Waals surface area contributed by atoms with Crippen LogP contribution in [0.4, 0.5) is 0 Å². The second-order valence-corrected chi connectivity index (χ2v) is 9.73. The number of carbonyl (C=O) groups is 4. The molecule has 10 heteroatoms. The van der Waals surface area contributed by atoms with Crippen LogP contribution in [0.1, 0.15) is 31.4 Å². The third-order valence-corrected chi connectivity index (χ3v) is 6.13. The van der Waals surface area contributed by atoms with Gasteiger partial charge >= 0.3 is 5.97 Å². The van der Waals surface area contributed by atoms with Crippen molar-refractivity contribution in [2.45, 2.75) is 51.2 Å². The summed E-state index contributed by atoms with van der Waals surface area (Å²) in [5.74, 6) is -2.77. The average Bonchev–Trinajstić information content (AvgIpc) is 3.29. The number of carboxylic acids is 1. The Morgan fingerprint density at radius 3 is 2.26 bits per heavy atom. The van der Waals surface area contributed by atoms with Gasteiger partial charge in [0.1, 0.15) is 12.1 Å². The number of carbonyl (C=O) groups excluding carboxylic acids is 3. The predicted molar refractivity (Wildman–Crippen MR) is 144 cm³/mol. The number of aliphatic carboxylic acids is 1. The fraction of sp³-hybridized carbons (Fsp3) is 0.357. The Balaban J connectivity index is 1.55. The number of H-pyrrole nitrogens is 1. The Morgan fingerprint density at radius 1 is 0.895 bits per heavy atom. The average molecular weight is 522 g/mol. The largest absolute Gasteiger partial charge is 0.480 e. The molecule has 3 rings (SSSR count). The molecule has 0 bridgehead atoms. The first kappa shape index (κ1) is 28.4. The van der Waals surface area contributed by atoms with E-state index < -0.39 is 48.4 Å². The SMILES string of the molecule is CC(C)CC(NC(=O)C(N)Cc1c[nH]c2ccccc12)C(=O)NCC(=O)NC(Cc1ccccc1)C(=O)O. The minimum Gasteiger partial charge on any atom is -0.480 e. The van der Waals surface area contributed by atoms with E-state index in [0.717, 1.165) is 22.0 Å². The van der Waals surface area contributed by atoms with E-state index in [0.29, 0.717) is 6.42 Å². The normalized spacial score (nSPS) is 13.5. The Labute approximate surface area is 221 Å². The van der Waals surface area contributed by atoms with Crippen molar-refractivity contribution in [3.05, 3.63) is 71.9 Å². The van der Waals surface area contributed by atoms with Crippen LogP contribution in [0.2, 0.25) is 0 Å². The van der Waals surface area contributed by atoms with Crippen molar-refractivity contribution >= 4 is 34.6 Å². The second-order valence-electron chi connectivity index (χ2n) is 9.73. The predicted octanol–water partition coefficient (Wildman–Crippen LogP) is 1.50. The number of nitrogens with two attached hydrogens (primary N) is 1. The van der Waals surface area contributed by atoms with Crippen LogP contribution in [0.3, 0.4) is 0 Å². The molecule has 3 amide bonds. The molecule has 0 radical (unpaired) electrons. The molecule has 38 heavy (non-hydrogen) atoms. The Morgan fingerprint density at radius 2 is 1.58 bits per heavy atom. The molecule has 10 nitrogen and oxygen atoms in total. The molecule has 0 saturated carbocycles. The summed E-state index contributed by atoms with van der Waals surface area (Å²) in [5, 5.41) is 18.1. The van der Waals surface area contributed by atoms with E-state index in [1.807, 2.05) is 50.4 Å². The van der Waals surface area contributed by atoms with Gasteiger partial charge in [0.2, 0.25) is 17.7 Å². The van der Waals surface area contributed by atoms with Gasteiger partial charge in [-0.25, -0.2) is 4.79 Å². The minimum absolute atomic E-state index is 0.0759. The Hall–Kier alpha value is -4.18. The topological polar surface area (TPSA) is 166 Å². The standard InChI is InChI=1S/C28H35N5O5/c1-17(2)12-23(33-26(35)21(29)14-19-15-30-22-11-7-6-10-20(19)22)27(36)31-16-25(34)32-24(28(37)38)13-18-8-4-3-5-9-18/h3-11,15,17,21,23-24,30H,12-14,16,29H2,1-2H3,(H,31,36)(H,32,34)(H,33,35)(H,37,38). The van der Waals surface area contributed by atoms with E-state index in [4.69, 9.17) is 5.73 Å². The summed E-state index contributed by atoms with van der Waals surface area (Å²) in [6, 6.07) is 13.7. The highest BCUT2D eigenvalue weighted by atomic mass is 16.4. The van der Waals surface area contributed by atoms with Crippen molar-refractivity contribution in [2.24, 2.45) is 11.7 Å². The highest BCUT2D eigenvalue weighted by molar-refractivity contribution is 5.93. The molecule has 2 aromatic carbocycles. The van der Waals surface area contributed by atoms with Gasteiger partial charge in [0.25, 0.3) is 0 Å². The van der Waals surface area contributed by atoms with Gasteiger partial charge < -0.3 is 31.8 Å². The van der Waals surface area contributed by atoms with Crippen LogP contribution in [0.25, 0.3) is 10.9 Å². The van der Waals surface area contributed by atoms with Crippen molar-refractivity contribution in [1.82, 2.24) is 20.9 Å². The van der Waals surface area contributed by atoms with Crippen LogP contribution >= 0.6 is 0 Å². The summed E-state index contributed by atoms with van der Waals surface area (Å²) in [6.07, 6.45) is 2.55. The number of carboxylic acid groups (broad SMARTS) is 1. The van der Waals surface area contributed by atoms with Crippen molar-refractivity contribution in [3.8, 4) is 0 Å². The molecular weight excluding hydrogens is 486 g/mol. The summed E-state index contributed by atoms with van der Waals surface area (Å²) in [4.78, 5) is 52.9. The number of rotatable bonds is 13. The molecule has 1 aromatic heterocycles. The van der Waals surface area contributed by atoms with Crippen molar-refractivity contribution in [2.75, 3.05) is 6.54 Å². The summed E-state index contributed by atoms with van der Waals surface area (Å²) < 4.78 is 0. The summed E-state index contributed by atoms with van der Waals surface area (Å²) >= 11 is 0. The van der Waals surface area contributed by atoms with E-state index in [2.05, 4.69) is 20.9 Å². The van der Waals surface area contributed by atoms with Crippen LogP contribution in [0.15, 0.2) is 60.8 Å². The molecule has 3 unspecified atom stereocenters. The minimum atomic E-state index is -1.18. The van der Waals surface area contributed by atoms with E-state index >= 15 is 0 Å². The summed E-state index contributed by atoms with van der Waals surface area (Å²) in [7, 11) is 0. The van der Waals surface area contributed by atoms with Crippen LogP contribution in [0, 0.1) is 5.92 Å². The van der Waals surface area contributed by atoms with Crippen LogP contribution in [-0.2, 0) is 32.0 Å². The number of aromatic nitrogens is 1. The smallest absolute Gasteiger partial charge is 0.326 e. The highest BCUT2D eigenvalue weighted by Gasteiger charge is 2.26. The highest BCUT2D eigenvalue weighted by Crippen LogP contribution is 2.19. The van der Waals surface area contributed by atoms with Crippen molar-refractivity contribution < 1.29 is 24.3 Å². The first-order valence-electron chi connectivity index (χ1n) is 12.6. The summed E-state index contributed by atoms with van der Waals surface area (Å²) in [6.45, 7) is 3.39. The number of hydrogen-bond acceptors (Lipinski definition) is 5. The molecule has 1 heterocycles.